The number of guanidine groups is 1. The smallest absolute Gasteiger partial charge is 0.373 e. The Hall–Kier alpha value is 0.1000. The lowest BCUT2D eigenvalue weighted by Gasteiger charge is -2.22. The van der Waals surface area contributed by atoms with Crippen molar-refractivity contribution in [3.63, 3.8) is 0 Å². The second kappa shape index (κ2) is 7.92. The molecule has 0 aromatic carbocycles. The van der Waals surface area contributed by atoms with E-state index in [0.717, 1.165) is 19.3 Å². The summed E-state index contributed by atoms with van der Waals surface area (Å²) in [5, 5.41) is 6.11. The van der Waals surface area contributed by atoms with Crippen LogP contribution < -0.4 is 10.6 Å². The summed E-state index contributed by atoms with van der Waals surface area (Å²) in [6.45, 7) is 0.228. The maximum Gasteiger partial charge on any atom is 0.441 e. The molecular weight excluding hydrogens is 406 g/mol. The monoisotopic (exact) mass is 425 g/mol. The molecule has 2 aliphatic rings. The fourth-order valence-electron chi connectivity index (χ4n) is 2.50. The van der Waals surface area contributed by atoms with Crippen LogP contribution in [-0.4, -0.2) is 49.1 Å². The average Bonchev–Trinajstić information content (AvgIpc) is 2.93. The van der Waals surface area contributed by atoms with E-state index >= 15 is 0 Å². The normalized spacial score (nSPS) is 29.2. The summed E-state index contributed by atoms with van der Waals surface area (Å²) in [5.74, 6) is 0.515. The van der Waals surface area contributed by atoms with Crippen LogP contribution in [0.25, 0.3) is 0 Å². The van der Waals surface area contributed by atoms with Crippen LogP contribution in [0.3, 0.4) is 0 Å². The van der Waals surface area contributed by atoms with E-state index in [1.165, 1.54) is 0 Å². The number of halogens is 4. The van der Waals surface area contributed by atoms with Crippen molar-refractivity contribution in [2.75, 3.05) is 19.3 Å². The third kappa shape index (κ3) is 5.47. The minimum Gasteiger partial charge on any atom is -0.373 e. The molecule has 2 heterocycles. The van der Waals surface area contributed by atoms with Gasteiger partial charge in [0.15, 0.2) is 5.96 Å². The first-order valence-electron chi connectivity index (χ1n) is 6.31. The molecule has 0 saturated carbocycles. The second-order valence-electron chi connectivity index (χ2n) is 4.65. The summed E-state index contributed by atoms with van der Waals surface area (Å²) in [6.07, 6.45) is 3.65. The van der Waals surface area contributed by atoms with Crippen molar-refractivity contribution >= 4 is 41.7 Å². The van der Waals surface area contributed by atoms with Crippen molar-refractivity contribution in [3.05, 3.63) is 0 Å². The van der Waals surface area contributed by atoms with E-state index in [4.69, 9.17) is 4.74 Å². The summed E-state index contributed by atoms with van der Waals surface area (Å²) in [4.78, 5) is 4.02. The zero-order chi connectivity index (χ0) is 13.9. The second-order valence-corrected chi connectivity index (χ2v) is 5.81. The lowest BCUT2D eigenvalue weighted by Crippen LogP contribution is -2.47. The predicted molar refractivity (Wildman–Crippen MR) is 84.7 cm³/mol. The predicted octanol–water partition coefficient (Wildman–Crippen LogP) is 2.34. The third-order valence-corrected chi connectivity index (χ3v) is 4.05. The topological polar surface area (TPSA) is 45.7 Å². The Labute approximate surface area is 137 Å². The zero-order valence-electron chi connectivity index (χ0n) is 11.1. The van der Waals surface area contributed by atoms with E-state index in [1.54, 1.807) is 7.05 Å². The first-order chi connectivity index (χ1) is 8.98. The van der Waals surface area contributed by atoms with Crippen molar-refractivity contribution in [2.24, 2.45) is 4.99 Å². The quantitative estimate of drug-likeness (QED) is 0.314. The minimum absolute atomic E-state index is 0. The Kier molecular flexibility index (Phi) is 7.19. The average molecular weight is 425 g/mol. The van der Waals surface area contributed by atoms with E-state index in [-0.39, 0.29) is 60.2 Å². The van der Waals surface area contributed by atoms with Gasteiger partial charge in [-0.15, -0.1) is 24.0 Å². The van der Waals surface area contributed by atoms with E-state index in [9.17, 15) is 13.2 Å². The van der Waals surface area contributed by atoms with Gasteiger partial charge >= 0.3 is 5.51 Å². The summed E-state index contributed by atoms with van der Waals surface area (Å²) in [7, 11) is 1.61. The molecule has 118 valence electrons. The number of nitrogens with zero attached hydrogens (tertiary/aromatic N) is 1. The van der Waals surface area contributed by atoms with Gasteiger partial charge < -0.3 is 15.4 Å². The number of thioether (sulfide) groups is 1. The van der Waals surface area contributed by atoms with Gasteiger partial charge in [-0.3, -0.25) is 4.99 Å². The Balaban J connectivity index is 0.00000200. The van der Waals surface area contributed by atoms with E-state index in [0.29, 0.717) is 12.1 Å². The van der Waals surface area contributed by atoms with Gasteiger partial charge in [-0.2, -0.15) is 13.2 Å². The maximum atomic E-state index is 12.0. The largest absolute Gasteiger partial charge is 0.441 e. The standard InChI is InChI=1S/C11H18F3N3OS.HI/c1-15-10(16-4-5-19-11(12,13)14)17-8-6-7-2-3-9(8)18-7;/h7-9H,2-6H2,1H3,(H2,15,16,17);1H. The van der Waals surface area contributed by atoms with Gasteiger partial charge in [-0.05, 0) is 31.0 Å². The van der Waals surface area contributed by atoms with Gasteiger partial charge in [0.2, 0.25) is 0 Å². The molecule has 2 N–H and O–H groups in total. The number of rotatable bonds is 4. The highest BCUT2D eigenvalue weighted by atomic mass is 127. The highest BCUT2D eigenvalue weighted by Crippen LogP contribution is 2.34. The molecule has 2 aliphatic heterocycles. The Morgan fingerprint density at radius 1 is 1.40 bits per heavy atom. The van der Waals surface area contributed by atoms with Crippen LogP contribution in [-0.2, 0) is 4.74 Å². The summed E-state index contributed by atoms with van der Waals surface area (Å²) >= 11 is -0.0291. The molecule has 4 nitrogen and oxygen atoms in total. The molecule has 20 heavy (non-hydrogen) atoms. The molecule has 0 spiro atoms. The Morgan fingerprint density at radius 3 is 2.65 bits per heavy atom. The molecule has 0 aromatic heterocycles. The molecule has 0 amide bonds. The SMILES string of the molecule is CN=C(NCCSC(F)(F)F)NC1CC2CCC1O2.I. The lowest BCUT2D eigenvalue weighted by molar-refractivity contribution is -0.0327. The number of aliphatic imine (C=N–C) groups is 1. The number of hydrogen-bond acceptors (Lipinski definition) is 3. The minimum atomic E-state index is -4.17. The molecule has 3 unspecified atom stereocenters. The van der Waals surface area contributed by atoms with Crippen LogP contribution in [0.15, 0.2) is 4.99 Å². The number of nitrogens with one attached hydrogen (secondary N) is 2. The van der Waals surface area contributed by atoms with Crippen LogP contribution in [0.5, 0.6) is 0 Å². The van der Waals surface area contributed by atoms with Crippen molar-refractivity contribution in [1.82, 2.24) is 10.6 Å². The van der Waals surface area contributed by atoms with Crippen LogP contribution in [0.2, 0.25) is 0 Å². The Morgan fingerprint density at radius 2 is 2.15 bits per heavy atom. The molecule has 2 rings (SSSR count). The molecule has 2 fully saturated rings. The number of ether oxygens (including phenoxy) is 1. The van der Waals surface area contributed by atoms with Crippen LogP contribution in [0.1, 0.15) is 19.3 Å². The summed E-state index contributed by atoms with van der Waals surface area (Å²) in [6, 6.07) is 0.222. The number of fused-ring (bicyclic) bond motifs is 2. The van der Waals surface area contributed by atoms with Gasteiger partial charge in [-0.25, -0.2) is 0 Å². The third-order valence-electron chi connectivity index (χ3n) is 3.31. The van der Waals surface area contributed by atoms with Crippen molar-refractivity contribution in [2.45, 2.75) is 43.0 Å². The van der Waals surface area contributed by atoms with E-state index in [1.807, 2.05) is 0 Å². The first-order valence-corrected chi connectivity index (χ1v) is 7.30. The lowest BCUT2D eigenvalue weighted by atomic mass is 9.96. The molecule has 0 aromatic rings. The van der Waals surface area contributed by atoms with Gasteiger partial charge in [0.1, 0.15) is 0 Å². The van der Waals surface area contributed by atoms with E-state index in [2.05, 4.69) is 15.6 Å². The number of hydrogen-bond donors (Lipinski definition) is 2. The van der Waals surface area contributed by atoms with Crippen molar-refractivity contribution in [1.29, 1.82) is 0 Å². The van der Waals surface area contributed by atoms with Crippen molar-refractivity contribution < 1.29 is 17.9 Å². The number of alkyl halides is 3. The summed E-state index contributed by atoms with van der Waals surface area (Å²) in [5.41, 5.74) is -4.17. The van der Waals surface area contributed by atoms with Crippen LogP contribution >= 0.6 is 35.7 Å². The first kappa shape index (κ1) is 18.1. The van der Waals surface area contributed by atoms with Gasteiger partial charge in [0.05, 0.1) is 18.2 Å². The fourth-order valence-corrected chi connectivity index (χ4v) is 2.93. The molecule has 0 radical (unpaired) electrons. The molecule has 0 aliphatic carbocycles. The van der Waals surface area contributed by atoms with Crippen molar-refractivity contribution in [3.8, 4) is 0 Å². The zero-order valence-corrected chi connectivity index (χ0v) is 14.2. The molecule has 2 bridgehead atoms. The van der Waals surface area contributed by atoms with Gasteiger partial charge in [0, 0.05) is 19.3 Å². The molecule has 2 saturated heterocycles. The molecule has 9 heteroatoms. The molecule has 3 atom stereocenters. The van der Waals surface area contributed by atoms with Gasteiger partial charge in [-0.1, -0.05) is 0 Å². The van der Waals surface area contributed by atoms with E-state index < -0.39 is 5.51 Å². The van der Waals surface area contributed by atoms with Crippen LogP contribution in [0, 0.1) is 0 Å². The van der Waals surface area contributed by atoms with Gasteiger partial charge in [0.25, 0.3) is 0 Å². The maximum absolute atomic E-state index is 12.0. The molecular formula is C11H19F3IN3OS. The fraction of sp³-hybridized carbons (Fsp3) is 0.909. The highest BCUT2D eigenvalue weighted by Gasteiger charge is 2.41. The Bertz CT molecular complexity index is 343. The van der Waals surface area contributed by atoms with Crippen LogP contribution in [0.4, 0.5) is 13.2 Å². The highest BCUT2D eigenvalue weighted by molar-refractivity contribution is 14.0. The summed E-state index contributed by atoms with van der Waals surface area (Å²) < 4.78 is 41.6.